The van der Waals surface area contributed by atoms with Gasteiger partial charge in [-0.1, -0.05) is 0 Å². The monoisotopic (exact) mass is 539 g/mol. The van der Waals surface area contributed by atoms with Crippen LogP contribution in [0.5, 0.6) is 11.5 Å². The van der Waals surface area contributed by atoms with Gasteiger partial charge < -0.3 is 24.4 Å². The highest BCUT2D eigenvalue weighted by Gasteiger charge is 2.38. The molecule has 1 aromatic rings. The van der Waals surface area contributed by atoms with Crippen molar-refractivity contribution in [2.24, 2.45) is 17.8 Å². The van der Waals surface area contributed by atoms with E-state index >= 15 is 0 Å². The van der Waals surface area contributed by atoms with Crippen LogP contribution in [0.15, 0.2) is 18.2 Å². The van der Waals surface area contributed by atoms with Gasteiger partial charge in [0.1, 0.15) is 6.17 Å². The van der Waals surface area contributed by atoms with Gasteiger partial charge in [-0.15, -0.1) is 0 Å². The normalized spacial score (nSPS) is 23.1. The van der Waals surface area contributed by atoms with E-state index in [4.69, 9.17) is 14.2 Å². The molecule has 1 unspecified atom stereocenters. The molecule has 210 valence electrons. The van der Waals surface area contributed by atoms with Crippen LogP contribution in [-0.2, 0) is 14.8 Å². The summed E-state index contributed by atoms with van der Waals surface area (Å²) in [6, 6.07) is 4.78. The molecule has 4 rings (SSSR count). The zero-order chi connectivity index (χ0) is 27.0. The number of nitrogens with zero attached hydrogens (tertiary/aromatic N) is 1. The molecule has 37 heavy (non-hydrogen) atoms. The molecular weight excluding hydrogens is 494 g/mol. The van der Waals surface area contributed by atoms with Crippen molar-refractivity contribution >= 4 is 15.9 Å². The van der Waals surface area contributed by atoms with E-state index in [2.05, 4.69) is 10.0 Å². The van der Waals surface area contributed by atoms with Crippen molar-refractivity contribution in [2.75, 3.05) is 46.8 Å². The third-order valence-corrected chi connectivity index (χ3v) is 8.28. The number of ether oxygens (including phenoxy) is 3. The molecule has 9 nitrogen and oxygen atoms in total. The van der Waals surface area contributed by atoms with Gasteiger partial charge in [0.2, 0.25) is 10.0 Å². The molecule has 2 aliphatic carbocycles. The predicted molar refractivity (Wildman–Crippen MR) is 144 cm³/mol. The molecule has 1 aromatic carbocycles. The molecule has 3 fully saturated rings. The van der Waals surface area contributed by atoms with Crippen LogP contribution >= 0.6 is 0 Å². The van der Waals surface area contributed by atoms with Crippen LogP contribution < -0.4 is 19.5 Å². The number of carbonyl (C=O) groups is 1. The van der Waals surface area contributed by atoms with Gasteiger partial charge in [-0.25, -0.2) is 8.42 Å². The molecular formula is C27H45N3O6S. The fraction of sp³-hybridized carbons (Fsp3) is 0.741. The summed E-state index contributed by atoms with van der Waals surface area (Å²) in [4.78, 5) is 15.2. The second kappa shape index (κ2) is 13.8. The summed E-state index contributed by atoms with van der Waals surface area (Å²) in [7, 11) is -0.353. The van der Waals surface area contributed by atoms with Crippen molar-refractivity contribution in [1.82, 2.24) is 14.9 Å². The lowest BCUT2D eigenvalue weighted by atomic mass is 9.60. The molecule has 10 heteroatoms. The minimum Gasteiger partial charge on any atom is -0.493 e. The minimum absolute atomic E-state index is 0.0240. The van der Waals surface area contributed by atoms with E-state index in [1.807, 2.05) is 13.8 Å². The first kappa shape index (κ1) is 29.7. The number of hydrogen-bond acceptors (Lipinski definition) is 7. The van der Waals surface area contributed by atoms with Crippen molar-refractivity contribution in [3.8, 4) is 11.5 Å². The SMILES string of the molecule is C1CC2CCC12.COCCCOc1cc(C(=O)N(C(C)C)C(NS(C)(=O)=O)[C@H]2CCNC2)ccc1OC. The van der Waals surface area contributed by atoms with Crippen LogP contribution in [0, 0.1) is 17.8 Å². The minimum atomic E-state index is -3.52. The lowest BCUT2D eigenvalue weighted by Gasteiger charge is -2.46. The Morgan fingerprint density at radius 3 is 2.22 bits per heavy atom. The Bertz CT molecular complexity index is 962. The van der Waals surface area contributed by atoms with Crippen molar-refractivity contribution in [3.63, 3.8) is 0 Å². The first-order valence-electron chi connectivity index (χ1n) is 13.4. The van der Waals surface area contributed by atoms with Gasteiger partial charge in [0, 0.05) is 44.2 Å². The second-order valence-corrected chi connectivity index (χ2v) is 12.4. The Labute approximate surface area is 222 Å². The molecule has 1 saturated heterocycles. The topological polar surface area (TPSA) is 106 Å². The number of nitrogens with one attached hydrogen (secondary N) is 2. The molecule has 0 bridgehead atoms. The zero-order valence-electron chi connectivity index (χ0n) is 23.0. The maximum Gasteiger partial charge on any atom is 0.255 e. The first-order chi connectivity index (χ1) is 17.6. The average Bonchev–Trinajstić information content (AvgIpc) is 3.38. The molecule has 1 amide bonds. The number of fused-ring (bicyclic) bond motifs is 1. The van der Waals surface area contributed by atoms with E-state index in [0.717, 1.165) is 19.2 Å². The summed E-state index contributed by atoms with van der Waals surface area (Å²) < 4.78 is 43.0. The van der Waals surface area contributed by atoms with Crippen LogP contribution in [0.4, 0.5) is 0 Å². The van der Waals surface area contributed by atoms with Crippen molar-refractivity contribution in [3.05, 3.63) is 23.8 Å². The van der Waals surface area contributed by atoms with E-state index in [9.17, 15) is 13.2 Å². The third-order valence-electron chi connectivity index (χ3n) is 7.61. The van der Waals surface area contributed by atoms with Crippen LogP contribution in [0.3, 0.4) is 0 Å². The third kappa shape index (κ3) is 8.30. The van der Waals surface area contributed by atoms with Crippen LogP contribution in [-0.4, -0.2) is 78.2 Å². The maximum absolute atomic E-state index is 13.6. The van der Waals surface area contributed by atoms with Crippen molar-refractivity contribution < 1.29 is 27.4 Å². The summed E-state index contributed by atoms with van der Waals surface area (Å²) in [5.74, 6) is 3.12. The van der Waals surface area contributed by atoms with Crippen LogP contribution in [0.2, 0.25) is 0 Å². The van der Waals surface area contributed by atoms with E-state index in [0.29, 0.717) is 43.2 Å². The summed E-state index contributed by atoms with van der Waals surface area (Å²) in [6.45, 7) is 6.17. The smallest absolute Gasteiger partial charge is 0.255 e. The van der Waals surface area contributed by atoms with E-state index < -0.39 is 16.2 Å². The molecule has 0 radical (unpaired) electrons. The summed E-state index contributed by atoms with van der Waals surface area (Å²) in [5.41, 5.74) is 0.405. The number of amides is 1. The van der Waals surface area contributed by atoms with Crippen molar-refractivity contribution in [2.45, 2.75) is 64.6 Å². The molecule has 0 spiro atoms. The second-order valence-electron chi connectivity index (χ2n) is 10.6. The number of carbonyl (C=O) groups excluding carboxylic acids is 1. The quantitative estimate of drug-likeness (QED) is 0.310. The predicted octanol–water partition coefficient (Wildman–Crippen LogP) is 3.25. The number of sulfonamides is 1. The zero-order valence-corrected chi connectivity index (χ0v) is 23.8. The Balaban J connectivity index is 0.000000542. The summed E-state index contributed by atoms with van der Waals surface area (Å²) in [5, 5.41) is 3.25. The Morgan fingerprint density at radius 1 is 1.08 bits per heavy atom. The fourth-order valence-corrected chi connectivity index (χ4v) is 5.99. The van der Waals surface area contributed by atoms with E-state index in [1.165, 1.54) is 11.8 Å². The number of rotatable bonds is 12. The Morgan fingerprint density at radius 2 is 1.76 bits per heavy atom. The average molecular weight is 540 g/mol. The van der Waals surface area contributed by atoms with Crippen molar-refractivity contribution in [1.29, 1.82) is 0 Å². The first-order valence-corrected chi connectivity index (χ1v) is 15.3. The summed E-state index contributed by atoms with van der Waals surface area (Å²) in [6.07, 6.45) is 8.19. The fourth-order valence-electron chi connectivity index (χ4n) is 5.25. The standard InChI is InChI=1S/C21H35N3O6S.C6H10/c1-15(2)24(20(23-31(5,26)27)17-9-10-22-14-17)21(25)16-7-8-18(29-4)19(13-16)30-12-6-11-28-3;1-2-6-4-3-5(1)6/h7-8,13,15,17,20,22-23H,6,9-12,14H2,1-5H3;5-6H,1-4H2/t17-,20?;/m0./s1. The molecule has 0 aromatic heterocycles. The van der Waals surface area contributed by atoms with Gasteiger partial charge in [0.15, 0.2) is 11.5 Å². The van der Waals surface area contributed by atoms with Gasteiger partial charge in [-0.2, -0.15) is 4.72 Å². The molecule has 1 heterocycles. The van der Waals surface area contributed by atoms with Crippen LogP contribution in [0.25, 0.3) is 0 Å². The summed E-state index contributed by atoms with van der Waals surface area (Å²) >= 11 is 0. The van der Waals surface area contributed by atoms with Gasteiger partial charge >= 0.3 is 0 Å². The number of benzene rings is 1. The highest BCUT2D eigenvalue weighted by molar-refractivity contribution is 7.88. The van der Waals surface area contributed by atoms with E-state index in [1.54, 1.807) is 63.0 Å². The van der Waals surface area contributed by atoms with Gasteiger partial charge in [-0.3, -0.25) is 4.79 Å². The largest absolute Gasteiger partial charge is 0.493 e. The van der Waals surface area contributed by atoms with Gasteiger partial charge in [0.05, 0.1) is 20.0 Å². The molecule has 2 N–H and O–H groups in total. The number of methoxy groups -OCH3 is 2. The number of hydrogen-bond donors (Lipinski definition) is 2. The molecule has 1 aliphatic heterocycles. The van der Waals surface area contributed by atoms with Crippen LogP contribution in [0.1, 0.15) is 62.7 Å². The van der Waals surface area contributed by atoms with Gasteiger partial charge in [0.25, 0.3) is 5.91 Å². The highest BCUT2D eigenvalue weighted by atomic mass is 32.2. The lowest BCUT2D eigenvalue weighted by Crippen LogP contribution is -2.57. The van der Waals surface area contributed by atoms with Gasteiger partial charge in [-0.05, 0) is 82.5 Å². The lowest BCUT2D eigenvalue weighted by molar-refractivity contribution is 0.0512. The molecule has 3 aliphatic rings. The Kier molecular flexibility index (Phi) is 11.0. The molecule has 2 saturated carbocycles. The maximum atomic E-state index is 13.6. The Hall–Kier alpha value is -1.88. The molecule has 2 atom stereocenters. The highest BCUT2D eigenvalue weighted by Crippen LogP contribution is 2.49. The van der Waals surface area contributed by atoms with E-state index in [-0.39, 0.29) is 17.9 Å².